The summed E-state index contributed by atoms with van der Waals surface area (Å²) in [6, 6.07) is 0. The average Bonchev–Trinajstić information content (AvgIpc) is 2.90. The first-order chi connectivity index (χ1) is 9.95. The molecule has 124 valence electrons. The first-order valence-corrected chi connectivity index (χ1v) is 8.18. The van der Waals surface area contributed by atoms with Gasteiger partial charge in [0.05, 0.1) is 11.9 Å². The summed E-state index contributed by atoms with van der Waals surface area (Å²) in [5.74, 6) is 0. The third-order valence-corrected chi connectivity index (χ3v) is 5.50. The molecule has 0 saturated heterocycles. The van der Waals surface area contributed by atoms with Crippen molar-refractivity contribution in [1.29, 1.82) is 0 Å². The SMILES string of the molecule is CCn1ncc(S(=O)(=O)N2N=C(C)CC2(O)C(F)(F)Cl)c1C. The van der Waals surface area contributed by atoms with Crippen LogP contribution in [0.25, 0.3) is 0 Å². The van der Waals surface area contributed by atoms with E-state index in [9.17, 15) is 22.3 Å². The minimum Gasteiger partial charge on any atom is -0.363 e. The number of halogens is 3. The van der Waals surface area contributed by atoms with Gasteiger partial charge in [0.15, 0.2) is 0 Å². The molecule has 0 amide bonds. The summed E-state index contributed by atoms with van der Waals surface area (Å²) in [4.78, 5) is -0.313. The molecule has 2 heterocycles. The van der Waals surface area contributed by atoms with Crippen LogP contribution in [0.4, 0.5) is 8.78 Å². The van der Waals surface area contributed by atoms with Gasteiger partial charge in [-0.3, -0.25) is 4.68 Å². The van der Waals surface area contributed by atoms with Gasteiger partial charge in [0.25, 0.3) is 15.7 Å². The molecule has 0 aromatic carbocycles. The van der Waals surface area contributed by atoms with Gasteiger partial charge in [0.2, 0.25) is 0 Å². The number of nitrogens with zero attached hydrogens (tertiary/aromatic N) is 4. The quantitative estimate of drug-likeness (QED) is 0.828. The van der Waals surface area contributed by atoms with E-state index in [1.54, 1.807) is 6.92 Å². The van der Waals surface area contributed by atoms with Crippen molar-refractivity contribution in [2.24, 2.45) is 5.10 Å². The highest BCUT2D eigenvalue weighted by atomic mass is 35.5. The monoisotopic (exact) mass is 356 g/mol. The molecule has 1 aromatic rings. The lowest BCUT2D eigenvalue weighted by Gasteiger charge is -2.34. The summed E-state index contributed by atoms with van der Waals surface area (Å²) in [6.45, 7) is 4.96. The van der Waals surface area contributed by atoms with Crippen molar-refractivity contribution in [3.05, 3.63) is 11.9 Å². The van der Waals surface area contributed by atoms with E-state index in [0.29, 0.717) is 6.54 Å². The fraction of sp³-hybridized carbons (Fsp3) is 0.636. The lowest BCUT2D eigenvalue weighted by Crippen LogP contribution is -2.56. The first kappa shape index (κ1) is 17.1. The van der Waals surface area contributed by atoms with Crippen LogP contribution in [0.3, 0.4) is 0 Å². The Morgan fingerprint density at radius 2 is 2.09 bits per heavy atom. The van der Waals surface area contributed by atoms with Crippen LogP contribution in [0.2, 0.25) is 0 Å². The minimum atomic E-state index is -4.53. The Balaban J connectivity index is 2.59. The molecule has 1 aliphatic heterocycles. The molecule has 7 nitrogen and oxygen atoms in total. The van der Waals surface area contributed by atoms with Crippen molar-refractivity contribution in [3.8, 4) is 0 Å². The van der Waals surface area contributed by atoms with Gasteiger partial charge in [0.1, 0.15) is 4.90 Å². The largest absolute Gasteiger partial charge is 0.371 e. The number of rotatable bonds is 4. The number of alkyl halides is 3. The number of hydrogen-bond donors (Lipinski definition) is 1. The van der Waals surface area contributed by atoms with Crippen LogP contribution in [0.1, 0.15) is 26.0 Å². The van der Waals surface area contributed by atoms with E-state index in [2.05, 4.69) is 10.2 Å². The molecule has 0 radical (unpaired) electrons. The summed E-state index contributed by atoms with van der Waals surface area (Å²) in [5, 5.41) is 13.3. The summed E-state index contributed by atoms with van der Waals surface area (Å²) in [7, 11) is -4.53. The normalized spacial score (nSPS) is 23.0. The van der Waals surface area contributed by atoms with E-state index in [-0.39, 0.29) is 20.7 Å². The van der Waals surface area contributed by atoms with Gasteiger partial charge >= 0.3 is 5.38 Å². The van der Waals surface area contributed by atoms with E-state index < -0.39 is 27.6 Å². The number of hydrazone groups is 1. The molecule has 22 heavy (non-hydrogen) atoms. The molecule has 1 aromatic heterocycles. The number of aromatic nitrogens is 2. The Bertz CT molecular complexity index is 728. The first-order valence-electron chi connectivity index (χ1n) is 6.36. The molecule has 1 aliphatic rings. The Morgan fingerprint density at radius 3 is 2.55 bits per heavy atom. The maximum absolute atomic E-state index is 13.6. The van der Waals surface area contributed by atoms with Gasteiger partial charge in [-0.1, -0.05) is 0 Å². The molecule has 0 bridgehead atoms. The van der Waals surface area contributed by atoms with E-state index in [4.69, 9.17) is 11.6 Å². The van der Waals surface area contributed by atoms with Crippen LogP contribution in [0.5, 0.6) is 0 Å². The third-order valence-electron chi connectivity index (χ3n) is 3.40. The lowest BCUT2D eigenvalue weighted by molar-refractivity contribution is -0.175. The zero-order valence-corrected chi connectivity index (χ0v) is 13.7. The molecule has 0 saturated carbocycles. The predicted molar refractivity (Wildman–Crippen MR) is 75.1 cm³/mol. The van der Waals surface area contributed by atoms with Crippen molar-refractivity contribution >= 4 is 27.3 Å². The molecule has 0 aliphatic carbocycles. The fourth-order valence-corrected chi connectivity index (χ4v) is 4.12. The van der Waals surface area contributed by atoms with Crippen LogP contribution in [0, 0.1) is 6.92 Å². The molecule has 11 heteroatoms. The third kappa shape index (κ3) is 2.38. The molecule has 2 rings (SSSR count). The second-order valence-corrected chi connectivity index (χ2v) is 7.19. The van der Waals surface area contributed by atoms with Crippen LogP contribution in [0.15, 0.2) is 16.2 Å². The summed E-state index contributed by atoms with van der Waals surface area (Å²) >= 11 is 4.92. The average molecular weight is 357 g/mol. The molecule has 1 N–H and O–H groups in total. The summed E-state index contributed by atoms with van der Waals surface area (Å²) < 4.78 is 53.7. The second-order valence-electron chi connectivity index (χ2n) is 4.98. The summed E-state index contributed by atoms with van der Waals surface area (Å²) in [6.07, 6.45) is 0.341. The van der Waals surface area contributed by atoms with Crippen molar-refractivity contribution < 1.29 is 22.3 Å². The van der Waals surface area contributed by atoms with Crippen LogP contribution < -0.4 is 0 Å². The molecular formula is C11H15ClF2N4O3S. The Hall–Kier alpha value is -1.26. The van der Waals surface area contributed by atoms with Gasteiger partial charge in [-0.2, -0.15) is 27.4 Å². The zero-order chi connectivity index (χ0) is 16.9. The highest BCUT2D eigenvalue weighted by Gasteiger charge is 2.62. The smallest absolute Gasteiger partial charge is 0.363 e. The predicted octanol–water partition coefficient (Wildman–Crippen LogP) is 1.50. The minimum absolute atomic E-state index is 0.0203. The fourth-order valence-electron chi connectivity index (χ4n) is 2.25. The number of aliphatic hydroxyl groups is 1. The maximum Gasteiger partial charge on any atom is 0.371 e. The molecule has 1 atom stereocenters. The zero-order valence-electron chi connectivity index (χ0n) is 12.1. The number of aryl methyl sites for hydroxylation is 1. The van der Waals surface area contributed by atoms with Gasteiger partial charge in [0, 0.05) is 18.7 Å². The van der Waals surface area contributed by atoms with Crippen molar-refractivity contribution in [2.45, 2.75) is 49.7 Å². The molecule has 1 unspecified atom stereocenters. The van der Waals surface area contributed by atoms with Gasteiger partial charge < -0.3 is 5.11 Å². The van der Waals surface area contributed by atoms with Crippen LogP contribution in [-0.2, 0) is 16.6 Å². The number of sulfonamides is 1. The highest BCUT2D eigenvalue weighted by Crippen LogP contribution is 2.44. The standard InChI is InChI=1S/C11H15ClF2N4O3S/c1-4-17-8(3)9(6-15-17)22(20,21)18-10(19,11(12,13)14)5-7(2)16-18/h6,19H,4-5H2,1-3H3. The van der Waals surface area contributed by atoms with Crippen molar-refractivity contribution in [1.82, 2.24) is 14.2 Å². The van der Waals surface area contributed by atoms with Crippen molar-refractivity contribution in [3.63, 3.8) is 0 Å². The van der Waals surface area contributed by atoms with Gasteiger partial charge in [-0.15, -0.1) is 4.41 Å². The topological polar surface area (TPSA) is 87.8 Å². The van der Waals surface area contributed by atoms with Crippen LogP contribution in [-0.4, -0.2) is 44.5 Å². The van der Waals surface area contributed by atoms with Gasteiger partial charge in [-0.05, 0) is 32.4 Å². The van der Waals surface area contributed by atoms with Gasteiger partial charge in [-0.25, -0.2) is 0 Å². The maximum atomic E-state index is 13.6. The van der Waals surface area contributed by atoms with E-state index >= 15 is 0 Å². The van der Waals surface area contributed by atoms with E-state index in [0.717, 1.165) is 6.20 Å². The Labute approximate surface area is 131 Å². The Kier molecular flexibility index (Phi) is 3.99. The van der Waals surface area contributed by atoms with Crippen molar-refractivity contribution in [2.75, 3.05) is 0 Å². The number of hydrogen-bond acceptors (Lipinski definition) is 5. The summed E-state index contributed by atoms with van der Waals surface area (Å²) in [5.41, 5.74) is -2.88. The van der Waals surface area contributed by atoms with E-state index in [1.165, 1.54) is 18.5 Å². The second kappa shape index (κ2) is 5.14. The lowest BCUT2D eigenvalue weighted by atomic mass is 10.1. The highest BCUT2D eigenvalue weighted by molar-refractivity contribution is 7.89. The molecule has 0 fully saturated rings. The Morgan fingerprint density at radius 1 is 1.50 bits per heavy atom. The molecule has 0 spiro atoms. The van der Waals surface area contributed by atoms with E-state index in [1.807, 2.05) is 0 Å². The van der Waals surface area contributed by atoms with Crippen LogP contribution >= 0.6 is 11.6 Å². The molecular weight excluding hydrogens is 342 g/mol.